The first-order valence-corrected chi connectivity index (χ1v) is 11.4. The standard InChI is InChI=1S/C25H20Cl2F3N3O2/c26-19-7-3-15(21(27)11-19)10-22(31)24(35)33-12-16-4-8-20(9-17(16)13-33)32-23(34)14-1-5-18(6-2-14)25(28,29)30/h1-9,11,22H,10,12-13,31H2,(H,32,34). The number of hydrogen-bond donors (Lipinski definition) is 2. The minimum absolute atomic E-state index is 0.0992. The highest BCUT2D eigenvalue weighted by Gasteiger charge is 2.30. The second-order valence-electron chi connectivity index (χ2n) is 8.25. The lowest BCUT2D eigenvalue weighted by Crippen LogP contribution is -2.42. The lowest BCUT2D eigenvalue weighted by Gasteiger charge is -2.20. The Labute approximate surface area is 209 Å². The highest BCUT2D eigenvalue weighted by molar-refractivity contribution is 6.35. The van der Waals surface area contributed by atoms with Crippen LogP contribution in [-0.4, -0.2) is 22.8 Å². The highest BCUT2D eigenvalue weighted by Crippen LogP contribution is 2.30. The largest absolute Gasteiger partial charge is 0.416 e. The first-order valence-electron chi connectivity index (χ1n) is 10.6. The van der Waals surface area contributed by atoms with Gasteiger partial charge in [0.05, 0.1) is 11.6 Å². The molecular weight excluding hydrogens is 502 g/mol. The van der Waals surface area contributed by atoms with Crippen molar-refractivity contribution in [1.82, 2.24) is 4.90 Å². The first-order chi connectivity index (χ1) is 16.5. The van der Waals surface area contributed by atoms with Crippen LogP contribution in [0.1, 0.15) is 32.6 Å². The Morgan fingerprint density at radius 2 is 1.66 bits per heavy atom. The van der Waals surface area contributed by atoms with Crippen molar-refractivity contribution in [1.29, 1.82) is 0 Å². The molecule has 3 aromatic rings. The van der Waals surface area contributed by atoms with Crippen LogP contribution in [0, 0.1) is 0 Å². The van der Waals surface area contributed by atoms with Crippen molar-refractivity contribution in [3.8, 4) is 0 Å². The van der Waals surface area contributed by atoms with Crippen LogP contribution in [0.4, 0.5) is 18.9 Å². The van der Waals surface area contributed by atoms with Gasteiger partial charge in [0, 0.05) is 34.4 Å². The molecule has 0 bridgehead atoms. The number of amides is 2. The number of carbonyl (C=O) groups is 2. The minimum atomic E-state index is -4.47. The summed E-state index contributed by atoms with van der Waals surface area (Å²) in [7, 11) is 0. The maximum Gasteiger partial charge on any atom is 0.416 e. The molecule has 35 heavy (non-hydrogen) atoms. The monoisotopic (exact) mass is 521 g/mol. The third-order valence-corrected chi connectivity index (χ3v) is 6.33. The molecule has 4 rings (SSSR count). The number of anilines is 1. The Kier molecular flexibility index (Phi) is 7.07. The van der Waals surface area contributed by atoms with E-state index in [-0.39, 0.29) is 17.9 Å². The van der Waals surface area contributed by atoms with E-state index in [0.717, 1.165) is 41.0 Å². The molecular formula is C25H20Cl2F3N3O2. The summed E-state index contributed by atoms with van der Waals surface area (Å²) in [6, 6.07) is 13.4. The summed E-state index contributed by atoms with van der Waals surface area (Å²) < 4.78 is 38.2. The fourth-order valence-electron chi connectivity index (χ4n) is 3.89. The van der Waals surface area contributed by atoms with E-state index in [0.29, 0.717) is 28.8 Å². The SMILES string of the molecule is NC(Cc1ccc(Cl)cc1Cl)C(=O)N1Cc2ccc(NC(=O)c3ccc(C(F)(F)F)cc3)cc2C1. The number of nitrogens with two attached hydrogens (primary N) is 1. The summed E-state index contributed by atoms with van der Waals surface area (Å²) in [6.45, 7) is 0.698. The van der Waals surface area contributed by atoms with E-state index in [4.69, 9.17) is 28.9 Å². The zero-order chi connectivity index (χ0) is 25.3. The average Bonchev–Trinajstić information content (AvgIpc) is 3.23. The molecule has 1 unspecified atom stereocenters. The molecule has 0 radical (unpaired) electrons. The van der Waals surface area contributed by atoms with Crippen LogP contribution in [0.5, 0.6) is 0 Å². The molecule has 2 amide bonds. The van der Waals surface area contributed by atoms with Crippen molar-refractivity contribution in [2.75, 3.05) is 5.32 Å². The molecule has 0 fully saturated rings. The van der Waals surface area contributed by atoms with E-state index >= 15 is 0 Å². The van der Waals surface area contributed by atoms with Crippen LogP contribution in [0.2, 0.25) is 10.0 Å². The van der Waals surface area contributed by atoms with Crippen molar-refractivity contribution in [3.05, 3.63) is 98.5 Å². The predicted molar refractivity (Wildman–Crippen MR) is 128 cm³/mol. The van der Waals surface area contributed by atoms with Crippen molar-refractivity contribution in [2.24, 2.45) is 5.73 Å². The number of fused-ring (bicyclic) bond motifs is 1. The minimum Gasteiger partial charge on any atom is -0.333 e. The van der Waals surface area contributed by atoms with E-state index in [1.165, 1.54) is 0 Å². The lowest BCUT2D eigenvalue weighted by atomic mass is 10.1. The number of hydrogen-bond acceptors (Lipinski definition) is 3. The Hall–Kier alpha value is -3.07. The van der Waals surface area contributed by atoms with Gasteiger partial charge in [0.15, 0.2) is 0 Å². The summed E-state index contributed by atoms with van der Waals surface area (Å²) >= 11 is 12.1. The van der Waals surface area contributed by atoms with Crippen molar-refractivity contribution in [3.63, 3.8) is 0 Å². The second kappa shape index (κ2) is 9.89. The zero-order valence-electron chi connectivity index (χ0n) is 18.2. The van der Waals surface area contributed by atoms with Crippen LogP contribution < -0.4 is 11.1 Å². The van der Waals surface area contributed by atoms with Gasteiger partial charge in [-0.1, -0.05) is 35.3 Å². The Balaban J connectivity index is 1.39. The molecule has 1 aliphatic rings. The summed E-state index contributed by atoms with van der Waals surface area (Å²) in [5.41, 5.74) is 8.39. The quantitative estimate of drug-likeness (QED) is 0.453. The maximum absolute atomic E-state index is 12.9. The van der Waals surface area contributed by atoms with Gasteiger partial charge in [-0.25, -0.2) is 0 Å². The molecule has 0 aliphatic carbocycles. The van der Waals surface area contributed by atoms with Crippen LogP contribution in [0.15, 0.2) is 60.7 Å². The van der Waals surface area contributed by atoms with Gasteiger partial charge >= 0.3 is 6.18 Å². The summed E-state index contributed by atoms with van der Waals surface area (Å²) in [4.78, 5) is 27.0. The van der Waals surface area contributed by atoms with Gasteiger partial charge in [-0.2, -0.15) is 13.2 Å². The van der Waals surface area contributed by atoms with Crippen LogP contribution in [0.3, 0.4) is 0 Å². The topological polar surface area (TPSA) is 75.4 Å². The third-order valence-electron chi connectivity index (χ3n) is 5.74. The second-order valence-corrected chi connectivity index (χ2v) is 9.10. The number of carbonyl (C=O) groups excluding carboxylic acids is 2. The highest BCUT2D eigenvalue weighted by atomic mass is 35.5. The zero-order valence-corrected chi connectivity index (χ0v) is 19.7. The molecule has 0 saturated heterocycles. The smallest absolute Gasteiger partial charge is 0.333 e. The van der Waals surface area contributed by atoms with Crippen molar-refractivity contribution < 1.29 is 22.8 Å². The molecule has 10 heteroatoms. The number of rotatable bonds is 5. The van der Waals surface area contributed by atoms with Gasteiger partial charge in [0.1, 0.15) is 0 Å². The van der Waals surface area contributed by atoms with Crippen LogP contribution in [0.25, 0.3) is 0 Å². The molecule has 3 N–H and O–H groups in total. The van der Waals surface area contributed by atoms with Gasteiger partial charge in [-0.3, -0.25) is 9.59 Å². The van der Waals surface area contributed by atoms with Gasteiger partial charge in [0.2, 0.25) is 5.91 Å². The van der Waals surface area contributed by atoms with E-state index in [1.54, 1.807) is 41.3 Å². The molecule has 0 spiro atoms. The maximum atomic E-state index is 12.9. The number of nitrogens with zero attached hydrogens (tertiary/aromatic N) is 1. The molecule has 0 aromatic heterocycles. The summed E-state index contributed by atoms with van der Waals surface area (Å²) in [6.07, 6.45) is -4.21. The molecule has 1 atom stereocenters. The van der Waals surface area contributed by atoms with Gasteiger partial charge in [-0.15, -0.1) is 0 Å². The van der Waals surface area contributed by atoms with Crippen molar-refractivity contribution >= 4 is 40.7 Å². The average molecular weight is 522 g/mol. The summed E-state index contributed by atoms with van der Waals surface area (Å²) in [5.74, 6) is -0.769. The van der Waals surface area contributed by atoms with E-state index < -0.39 is 23.7 Å². The number of nitrogens with one attached hydrogen (secondary N) is 1. The fourth-order valence-corrected chi connectivity index (χ4v) is 4.37. The Bertz CT molecular complexity index is 1280. The molecule has 1 aliphatic heterocycles. The van der Waals surface area contributed by atoms with E-state index in [2.05, 4.69) is 5.32 Å². The Morgan fingerprint density at radius 1 is 0.971 bits per heavy atom. The van der Waals surface area contributed by atoms with Gasteiger partial charge in [-0.05, 0) is 71.6 Å². The predicted octanol–water partition coefficient (Wildman–Crippen LogP) is 5.68. The third kappa shape index (κ3) is 5.78. The summed E-state index contributed by atoms with van der Waals surface area (Å²) in [5, 5.41) is 3.62. The van der Waals surface area contributed by atoms with Crippen LogP contribution in [-0.2, 0) is 30.5 Å². The molecule has 182 valence electrons. The first kappa shape index (κ1) is 25.0. The molecule has 3 aromatic carbocycles. The molecule has 1 heterocycles. The van der Waals surface area contributed by atoms with E-state index in [9.17, 15) is 22.8 Å². The number of halogens is 5. The van der Waals surface area contributed by atoms with Crippen molar-refractivity contribution in [2.45, 2.75) is 31.7 Å². The van der Waals surface area contributed by atoms with Crippen LogP contribution >= 0.6 is 23.2 Å². The molecule has 0 saturated carbocycles. The van der Waals surface area contributed by atoms with Gasteiger partial charge in [0.25, 0.3) is 5.91 Å². The Morgan fingerprint density at radius 3 is 2.31 bits per heavy atom. The lowest BCUT2D eigenvalue weighted by molar-refractivity contribution is -0.137. The normalized spacial score (nSPS) is 13.9. The number of alkyl halides is 3. The van der Waals surface area contributed by atoms with Gasteiger partial charge < -0.3 is 16.0 Å². The van der Waals surface area contributed by atoms with E-state index in [1.807, 2.05) is 0 Å². The fraction of sp³-hybridized carbons (Fsp3) is 0.200. The number of benzene rings is 3. The molecule has 5 nitrogen and oxygen atoms in total.